The number of pyridine rings is 1. The van der Waals surface area contributed by atoms with Crippen molar-refractivity contribution in [1.82, 2.24) is 14.1 Å². The average Bonchev–Trinajstić information content (AvgIpc) is 3.59. The number of benzene rings is 4. The van der Waals surface area contributed by atoms with Crippen LogP contribution < -0.4 is 0 Å². The van der Waals surface area contributed by atoms with Crippen molar-refractivity contribution in [2.24, 2.45) is 17.8 Å². The maximum Gasteiger partial charge on any atom is 0.139 e. The van der Waals surface area contributed by atoms with Crippen LogP contribution in [0.4, 0.5) is 0 Å². The fourth-order valence-electron chi connectivity index (χ4n) is 10.9. The van der Waals surface area contributed by atoms with Gasteiger partial charge in [0.05, 0.1) is 27.8 Å². The molecule has 3 heterocycles. The second-order valence-electron chi connectivity index (χ2n) is 18.5. The lowest BCUT2D eigenvalue weighted by Gasteiger charge is -2.57. The smallest absolute Gasteiger partial charge is 0.139 e. The van der Waals surface area contributed by atoms with Crippen molar-refractivity contribution in [1.29, 1.82) is 0 Å². The molecule has 4 aliphatic carbocycles. The van der Waals surface area contributed by atoms with Crippen LogP contribution >= 0.6 is 0 Å². The number of rotatable bonds is 3. The Morgan fingerprint density at radius 2 is 1.06 bits per heavy atom. The zero-order valence-electron chi connectivity index (χ0n) is 30.6. The Hall–Kier alpha value is -4.37. The summed E-state index contributed by atoms with van der Waals surface area (Å²) in [4.78, 5) is 5.07. The van der Waals surface area contributed by atoms with E-state index in [1.807, 2.05) is 6.20 Å². The van der Waals surface area contributed by atoms with E-state index < -0.39 is 0 Å². The minimum atomic E-state index is 0.0696. The number of hydrogen-bond donors (Lipinski definition) is 0. The highest BCUT2D eigenvalue weighted by molar-refractivity contribution is 6.11. The molecule has 4 saturated carbocycles. The molecule has 0 N–H and O–H groups in total. The van der Waals surface area contributed by atoms with Gasteiger partial charge in [-0.2, -0.15) is 0 Å². The van der Waals surface area contributed by atoms with Crippen molar-refractivity contribution in [2.75, 3.05) is 0 Å². The van der Waals surface area contributed by atoms with Gasteiger partial charge in [-0.1, -0.05) is 77.9 Å². The maximum atomic E-state index is 5.07. The molecule has 4 aromatic carbocycles. The van der Waals surface area contributed by atoms with Crippen LogP contribution in [0.5, 0.6) is 0 Å². The second kappa shape index (κ2) is 10.3. The van der Waals surface area contributed by atoms with E-state index in [1.54, 1.807) is 5.56 Å². The SMILES string of the molecule is CC(C)(C)c1ccc2c(c1)c1cc(C(C)(C)C)ccc1n2-c1ccnc(-n2c3ccccc3c3cc(C45CC6CC(CC(C6)C4)C5)ccc32)c1. The van der Waals surface area contributed by atoms with Gasteiger partial charge in [0, 0.05) is 33.8 Å². The van der Waals surface area contributed by atoms with Gasteiger partial charge < -0.3 is 4.57 Å². The number of nitrogens with zero attached hydrogens (tertiary/aromatic N) is 3. The van der Waals surface area contributed by atoms with Crippen LogP contribution in [-0.4, -0.2) is 14.1 Å². The largest absolute Gasteiger partial charge is 0.309 e. The van der Waals surface area contributed by atoms with Crippen molar-refractivity contribution in [2.45, 2.75) is 96.3 Å². The standard InChI is InChI=1S/C47H49N3/c1-45(2,3)32-11-14-41-38(22-32)39-23-33(46(4,5)6)12-15-42(39)49(41)35-17-18-48-44(25-35)50-40-10-8-7-9-36(40)37-24-34(13-16-43(37)50)47-26-29-19-30(27-47)21-31(20-29)28-47/h7-18,22-25,29-31H,19-21,26-28H2,1-6H3. The predicted molar refractivity (Wildman–Crippen MR) is 210 cm³/mol. The van der Waals surface area contributed by atoms with Crippen molar-refractivity contribution in [3.8, 4) is 11.5 Å². The van der Waals surface area contributed by atoms with Crippen LogP contribution in [0.15, 0.2) is 97.2 Å². The molecular weight excluding hydrogens is 607 g/mol. The lowest BCUT2D eigenvalue weighted by Crippen LogP contribution is -2.48. The molecule has 0 amide bonds. The van der Waals surface area contributed by atoms with Crippen LogP contribution in [0.2, 0.25) is 0 Å². The van der Waals surface area contributed by atoms with E-state index in [0.717, 1.165) is 29.3 Å². The molecule has 4 fully saturated rings. The highest BCUT2D eigenvalue weighted by atomic mass is 15.1. The first-order chi connectivity index (χ1) is 23.9. The quantitative estimate of drug-likeness (QED) is 0.186. The zero-order valence-corrected chi connectivity index (χ0v) is 30.6. The molecule has 7 aromatic rings. The van der Waals surface area contributed by atoms with Gasteiger partial charge in [-0.15, -0.1) is 0 Å². The summed E-state index contributed by atoms with van der Waals surface area (Å²) < 4.78 is 4.86. The third-order valence-corrected chi connectivity index (χ3v) is 13.0. The van der Waals surface area contributed by atoms with Gasteiger partial charge in [-0.25, -0.2) is 4.98 Å². The van der Waals surface area contributed by atoms with Gasteiger partial charge in [0.25, 0.3) is 0 Å². The summed E-state index contributed by atoms with van der Waals surface area (Å²) in [6, 6.07) is 35.1. The number of fused-ring (bicyclic) bond motifs is 6. The number of aromatic nitrogens is 3. The van der Waals surface area contributed by atoms with E-state index in [2.05, 4.69) is 142 Å². The van der Waals surface area contributed by atoms with Crippen LogP contribution in [0.3, 0.4) is 0 Å². The molecule has 50 heavy (non-hydrogen) atoms. The Morgan fingerprint density at radius 1 is 0.540 bits per heavy atom. The van der Waals surface area contributed by atoms with Crippen molar-refractivity contribution >= 4 is 43.6 Å². The molecule has 0 radical (unpaired) electrons. The van der Waals surface area contributed by atoms with E-state index >= 15 is 0 Å². The minimum Gasteiger partial charge on any atom is -0.309 e. The molecule has 3 heteroatoms. The van der Waals surface area contributed by atoms with Crippen molar-refractivity contribution < 1.29 is 0 Å². The van der Waals surface area contributed by atoms with Gasteiger partial charge in [-0.05, 0) is 138 Å². The molecule has 11 rings (SSSR count). The molecule has 3 aromatic heterocycles. The fourth-order valence-corrected chi connectivity index (χ4v) is 10.9. The van der Waals surface area contributed by atoms with E-state index in [0.29, 0.717) is 5.41 Å². The van der Waals surface area contributed by atoms with Crippen LogP contribution in [-0.2, 0) is 16.2 Å². The minimum absolute atomic E-state index is 0.0696. The second-order valence-corrected chi connectivity index (χ2v) is 18.5. The van der Waals surface area contributed by atoms with Crippen LogP contribution in [0.25, 0.3) is 55.1 Å². The first kappa shape index (κ1) is 30.5. The lowest BCUT2D eigenvalue weighted by molar-refractivity contribution is -0.00512. The van der Waals surface area contributed by atoms with Gasteiger partial charge in [0.15, 0.2) is 0 Å². The molecule has 0 aliphatic heterocycles. The Morgan fingerprint density at radius 3 is 1.66 bits per heavy atom. The van der Waals surface area contributed by atoms with Crippen molar-refractivity contribution in [3.63, 3.8) is 0 Å². The highest BCUT2D eigenvalue weighted by Crippen LogP contribution is 2.61. The summed E-state index contributed by atoms with van der Waals surface area (Å²) in [5.74, 6) is 3.77. The Bertz CT molecular complexity index is 2380. The molecule has 0 spiro atoms. The number of para-hydroxylation sites is 1. The van der Waals surface area contributed by atoms with Crippen LogP contribution in [0.1, 0.15) is 96.8 Å². The van der Waals surface area contributed by atoms with Crippen molar-refractivity contribution in [3.05, 3.63) is 114 Å². The van der Waals surface area contributed by atoms with E-state index in [1.165, 1.54) is 93.3 Å². The molecular formula is C47H49N3. The third-order valence-electron chi connectivity index (χ3n) is 13.0. The topological polar surface area (TPSA) is 22.8 Å². The molecule has 252 valence electrons. The van der Waals surface area contributed by atoms with E-state index in [-0.39, 0.29) is 10.8 Å². The Labute approximate surface area is 296 Å². The van der Waals surface area contributed by atoms with Gasteiger partial charge in [-0.3, -0.25) is 4.57 Å². The molecule has 4 aliphatic rings. The zero-order chi connectivity index (χ0) is 34.2. The summed E-state index contributed by atoms with van der Waals surface area (Å²) in [6.07, 6.45) is 10.6. The summed E-state index contributed by atoms with van der Waals surface area (Å²) in [5, 5.41) is 5.31. The van der Waals surface area contributed by atoms with Gasteiger partial charge >= 0.3 is 0 Å². The molecule has 4 bridgehead atoms. The normalized spacial score (nSPS) is 23.6. The lowest BCUT2D eigenvalue weighted by atomic mass is 9.48. The maximum absolute atomic E-state index is 5.07. The highest BCUT2D eigenvalue weighted by Gasteiger charge is 2.51. The molecule has 0 saturated heterocycles. The molecule has 0 unspecified atom stereocenters. The van der Waals surface area contributed by atoms with Gasteiger partial charge in [0.2, 0.25) is 0 Å². The summed E-state index contributed by atoms with van der Waals surface area (Å²) in [6.45, 7) is 13.8. The molecule has 3 nitrogen and oxygen atoms in total. The summed E-state index contributed by atoms with van der Waals surface area (Å²) in [5.41, 5.74) is 10.9. The molecule has 0 atom stereocenters. The van der Waals surface area contributed by atoms with E-state index in [9.17, 15) is 0 Å². The van der Waals surface area contributed by atoms with Gasteiger partial charge in [0.1, 0.15) is 5.82 Å². The summed E-state index contributed by atoms with van der Waals surface area (Å²) >= 11 is 0. The fraction of sp³-hybridized carbons (Fsp3) is 0.383. The first-order valence-corrected chi connectivity index (χ1v) is 19.0. The Balaban J connectivity index is 1.16. The third kappa shape index (κ3) is 4.51. The number of hydrogen-bond acceptors (Lipinski definition) is 1. The monoisotopic (exact) mass is 655 g/mol. The predicted octanol–water partition coefficient (Wildman–Crippen LogP) is 12.3. The Kier molecular flexibility index (Phi) is 6.30. The summed E-state index contributed by atoms with van der Waals surface area (Å²) in [7, 11) is 0. The van der Waals surface area contributed by atoms with Crippen LogP contribution in [0, 0.1) is 17.8 Å². The van der Waals surface area contributed by atoms with E-state index in [4.69, 9.17) is 4.98 Å². The first-order valence-electron chi connectivity index (χ1n) is 19.0. The average molecular weight is 656 g/mol.